The zero-order chi connectivity index (χ0) is 9.26. The van der Waals surface area contributed by atoms with E-state index in [-0.39, 0.29) is 5.25 Å². The maximum Gasteiger partial charge on any atom is 0.159 e. The number of hydrogen-bond donors (Lipinski definition) is 1. The number of thiol groups is 1. The molecular weight excluding hydrogens is 202 g/mol. The average Bonchev–Trinajstić information content (AvgIpc) is 2.63. The maximum absolute atomic E-state index is 4.30. The Morgan fingerprint density at radius 2 is 2.08 bits per heavy atom. The van der Waals surface area contributed by atoms with Crippen LogP contribution >= 0.6 is 22.5 Å². The lowest BCUT2D eigenvalue weighted by molar-refractivity contribution is 0.979. The molecule has 2 heterocycles. The molecule has 0 radical (unpaired) electrons. The first-order valence-electron chi connectivity index (χ1n) is 3.90. The van der Waals surface area contributed by atoms with E-state index in [9.17, 15) is 0 Å². The quantitative estimate of drug-likeness (QED) is 0.611. The Hall–Kier alpha value is -0.680. The third-order valence-electron chi connectivity index (χ3n) is 1.88. The first-order chi connectivity index (χ1) is 6.33. The molecule has 2 aromatic rings. The first kappa shape index (κ1) is 8.90. The van der Waals surface area contributed by atoms with Gasteiger partial charge in [0.25, 0.3) is 0 Å². The van der Waals surface area contributed by atoms with Gasteiger partial charge in [0.1, 0.15) is 0 Å². The van der Waals surface area contributed by atoms with Gasteiger partial charge in [-0.1, -0.05) is 10.8 Å². The molecule has 1 atom stereocenters. The second-order valence-electron chi connectivity index (χ2n) is 2.72. The number of hydrogen-bond acceptors (Lipinski definition) is 4. The fourth-order valence-electron chi connectivity index (χ4n) is 1.21. The number of aromatic nitrogens is 3. The van der Waals surface area contributed by atoms with Crippen LogP contribution in [0, 0.1) is 0 Å². The molecule has 68 valence electrons. The highest BCUT2D eigenvalue weighted by Crippen LogP contribution is 2.30. The van der Waals surface area contributed by atoms with Crippen LogP contribution in [0.25, 0.3) is 5.65 Å². The predicted octanol–water partition coefficient (Wildman–Crippen LogP) is 2.37. The Labute approximate surface area is 85.4 Å². The highest BCUT2D eigenvalue weighted by Gasteiger charge is 2.10. The van der Waals surface area contributed by atoms with Crippen molar-refractivity contribution >= 4 is 28.1 Å². The van der Waals surface area contributed by atoms with E-state index in [0.29, 0.717) is 0 Å². The summed E-state index contributed by atoms with van der Waals surface area (Å²) in [4.78, 5) is 8.54. The smallest absolute Gasteiger partial charge is 0.159 e. The molecule has 5 heteroatoms. The molecule has 0 saturated heterocycles. The van der Waals surface area contributed by atoms with Crippen molar-refractivity contribution in [3.63, 3.8) is 0 Å². The van der Waals surface area contributed by atoms with Crippen LogP contribution in [0.1, 0.15) is 17.9 Å². The molecule has 0 spiro atoms. The molecule has 2 aromatic heterocycles. The minimum atomic E-state index is 0.259. The number of rotatable bonds is 2. The van der Waals surface area contributed by atoms with Crippen molar-refractivity contribution in [2.75, 3.05) is 0 Å². The molecule has 0 amide bonds. The number of fused-ring (bicyclic) bond motifs is 1. The summed E-state index contributed by atoms with van der Waals surface area (Å²) < 4.78 is 1.96. The number of nitrogens with zero attached hydrogens (tertiary/aromatic N) is 3. The summed E-state index contributed by atoms with van der Waals surface area (Å²) in [5.74, 6) is 0. The maximum atomic E-state index is 4.30. The van der Waals surface area contributed by atoms with Crippen LogP contribution in [-0.2, 0) is 0 Å². The van der Waals surface area contributed by atoms with Crippen LogP contribution in [0.5, 0.6) is 0 Å². The van der Waals surface area contributed by atoms with Gasteiger partial charge >= 0.3 is 0 Å². The van der Waals surface area contributed by atoms with E-state index in [2.05, 4.69) is 28.6 Å². The summed E-state index contributed by atoms with van der Waals surface area (Å²) in [6, 6.07) is 0. The van der Waals surface area contributed by atoms with Gasteiger partial charge in [0, 0.05) is 24.8 Å². The Kier molecular flexibility index (Phi) is 2.46. The fraction of sp³-hybridized carbons (Fsp3) is 0.250. The fourth-order valence-corrected chi connectivity index (χ4v) is 1.78. The molecule has 0 bridgehead atoms. The van der Waals surface area contributed by atoms with Gasteiger partial charge in [-0.25, -0.2) is 4.98 Å². The SMILES string of the molecule is CC(SS)c1nccn2ccnc12. The highest BCUT2D eigenvalue weighted by molar-refractivity contribution is 8.68. The van der Waals surface area contributed by atoms with Gasteiger partial charge in [-0.2, -0.15) is 0 Å². The highest BCUT2D eigenvalue weighted by atomic mass is 33.1. The molecule has 2 rings (SSSR count). The molecule has 0 aliphatic heterocycles. The van der Waals surface area contributed by atoms with E-state index in [1.165, 1.54) is 10.8 Å². The van der Waals surface area contributed by atoms with Crippen molar-refractivity contribution in [1.82, 2.24) is 14.4 Å². The van der Waals surface area contributed by atoms with E-state index >= 15 is 0 Å². The number of imidazole rings is 1. The summed E-state index contributed by atoms with van der Waals surface area (Å²) in [5, 5.41) is 0.259. The third kappa shape index (κ3) is 1.53. The summed E-state index contributed by atoms with van der Waals surface area (Å²) >= 11 is 4.17. The Morgan fingerprint density at radius 3 is 2.77 bits per heavy atom. The molecule has 0 aliphatic rings. The average molecular weight is 211 g/mol. The van der Waals surface area contributed by atoms with Gasteiger partial charge in [-0.15, -0.1) is 11.7 Å². The molecule has 0 N–H and O–H groups in total. The van der Waals surface area contributed by atoms with Crippen molar-refractivity contribution in [3.05, 3.63) is 30.5 Å². The van der Waals surface area contributed by atoms with E-state index in [0.717, 1.165) is 11.3 Å². The molecule has 0 saturated carbocycles. The largest absolute Gasteiger partial charge is 0.304 e. The van der Waals surface area contributed by atoms with Crippen molar-refractivity contribution in [3.8, 4) is 0 Å². The topological polar surface area (TPSA) is 30.2 Å². The van der Waals surface area contributed by atoms with Crippen LogP contribution < -0.4 is 0 Å². The van der Waals surface area contributed by atoms with Crippen LogP contribution in [-0.4, -0.2) is 14.4 Å². The normalized spacial score (nSPS) is 13.4. The van der Waals surface area contributed by atoms with Gasteiger partial charge in [0.15, 0.2) is 5.65 Å². The van der Waals surface area contributed by atoms with Gasteiger partial charge in [-0.05, 0) is 6.92 Å². The van der Waals surface area contributed by atoms with Gasteiger partial charge in [0.2, 0.25) is 0 Å². The molecule has 3 nitrogen and oxygen atoms in total. The molecule has 13 heavy (non-hydrogen) atoms. The van der Waals surface area contributed by atoms with Crippen molar-refractivity contribution < 1.29 is 0 Å². The van der Waals surface area contributed by atoms with Crippen molar-refractivity contribution in [2.45, 2.75) is 12.2 Å². The molecular formula is C8H9N3S2. The third-order valence-corrected chi connectivity index (χ3v) is 3.37. The minimum absolute atomic E-state index is 0.259. The lowest BCUT2D eigenvalue weighted by atomic mass is 10.3. The lowest BCUT2D eigenvalue weighted by Crippen LogP contribution is -1.96. The van der Waals surface area contributed by atoms with E-state index < -0.39 is 0 Å². The first-order valence-corrected chi connectivity index (χ1v) is 5.84. The molecule has 0 fully saturated rings. The molecule has 1 unspecified atom stereocenters. The van der Waals surface area contributed by atoms with Gasteiger partial charge in [-0.3, -0.25) is 4.98 Å². The van der Waals surface area contributed by atoms with Crippen LogP contribution in [0.3, 0.4) is 0 Å². The van der Waals surface area contributed by atoms with Crippen LogP contribution in [0.15, 0.2) is 24.8 Å². The molecule has 0 aliphatic carbocycles. The minimum Gasteiger partial charge on any atom is -0.304 e. The Balaban J connectivity index is 2.60. The zero-order valence-corrected chi connectivity index (χ0v) is 8.79. The van der Waals surface area contributed by atoms with E-state index in [1.54, 1.807) is 12.4 Å². The summed E-state index contributed by atoms with van der Waals surface area (Å²) in [5.41, 5.74) is 1.89. The van der Waals surface area contributed by atoms with E-state index in [4.69, 9.17) is 0 Å². The van der Waals surface area contributed by atoms with E-state index in [1.807, 2.05) is 16.8 Å². The van der Waals surface area contributed by atoms with Gasteiger partial charge < -0.3 is 4.40 Å². The summed E-state index contributed by atoms with van der Waals surface area (Å²) in [6.07, 6.45) is 7.36. The van der Waals surface area contributed by atoms with Crippen LogP contribution in [0.2, 0.25) is 0 Å². The molecule has 0 aromatic carbocycles. The van der Waals surface area contributed by atoms with Crippen LogP contribution in [0.4, 0.5) is 0 Å². The van der Waals surface area contributed by atoms with Crippen molar-refractivity contribution in [2.24, 2.45) is 0 Å². The predicted molar refractivity (Wildman–Crippen MR) is 58.0 cm³/mol. The Bertz CT molecular complexity index is 412. The second-order valence-corrected chi connectivity index (χ2v) is 4.27. The monoisotopic (exact) mass is 211 g/mol. The standard InChI is InChI=1S/C8H9N3S2/c1-6(13-12)7-8-10-3-5-11(8)4-2-9-7/h2-6,12H,1H3. The van der Waals surface area contributed by atoms with Gasteiger partial charge in [0.05, 0.1) is 10.9 Å². The second kappa shape index (κ2) is 3.59. The Morgan fingerprint density at radius 1 is 1.38 bits per heavy atom. The lowest BCUT2D eigenvalue weighted by Gasteiger charge is -2.06. The summed E-state index contributed by atoms with van der Waals surface area (Å²) in [7, 11) is 1.47. The zero-order valence-electron chi connectivity index (χ0n) is 7.08. The summed E-state index contributed by atoms with van der Waals surface area (Å²) in [6.45, 7) is 2.06. The van der Waals surface area contributed by atoms with Crippen molar-refractivity contribution in [1.29, 1.82) is 0 Å².